The minimum Gasteiger partial charge on any atom is -0.467 e. The topological polar surface area (TPSA) is 51.5 Å². The first-order chi connectivity index (χ1) is 9.61. The van der Waals surface area contributed by atoms with Gasteiger partial charge in [-0.05, 0) is 30.3 Å². The number of carbonyl (C=O) groups is 1. The van der Waals surface area contributed by atoms with Crippen molar-refractivity contribution in [3.8, 4) is 0 Å². The summed E-state index contributed by atoms with van der Waals surface area (Å²) in [5.41, 5.74) is 0.412. The van der Waals surface area contributed by atoms with Crippen LogP contribution in [-0.4, -0.2) is 19.6 Å². The van der Waals surface area contributed by atoms with Crippen LogP contribution in [0.5, 0.6) is 0 Å². The number of methoxy groups -OCH3 is 1. The summed E-state index contributed by atoms with van der Waals surface area (Å²) in [5, 5.41) is 3.18. The zero-order valence-electron chi connectivity index (χ0n) is 10.7. The quantitative estimate of drug-likeness (QED) is 0.884. The molecule has 1 aromatic heterocycles. The molecule has 0 aliphatic carbocycles. The lowest BCUT2D eigenvalue weighted by Gasteiger charge is -2.14. The molecular formula is C14H13BrClNO3. The van der Waals surface area contributed by atoms with Crippen LogP contribution in [0.4, 0.5) is 0 Å². The molecule has 20 heavy (non-hydrogen) atoms. The largest absolute Gasteiger partial charge is 0.467 e. The summed E-state index contributed by atoms with van der Waals surface area (Å²) in [5.74, 6) is 0.401. The van der Waals surface area contributed by atoms with E-state index in [-0.39, 0.29) is 12.0 Å². The van der Waals surface area contributed by atoms with E-state index >= 15 is 0 Å². The Morgan fingerprint density at radius 3 is 2.95 bits per heavy atom. The highest BCUT2D eigenvalue weighted by Crippen LogP contribution is 2.21. The lowest BCUT2D eigenvalue weighted by atomic mass is 10.2. The molecule has 2 rings (SSSR count). The molecule has 0 spiro atoms. The van der Waals surface area contributed by atoms with E-state index in [1.165, 1.54) is 0 Å². The van der Waals surface area contributed by atoms with E-state index in [1.54, 1.807) is 43.7 Å². The fourth-order valence-electron chi connectivity index (χ4n) is 1.73. The Hall–Kier alpha value is -1.30. The van der Waals surface area contributed by atoms with Crippen molar-refractivity contribution < 1.29 is 13.9 Å². The Balaban J connectivity index is 2.03. The Labute approximate surface area is 130 Å². The molecule has 2 aromatic rings. The molecule has 6 heteroatoms. The molecule has 0 saturated heterocycles. The van der Waals surface area contributed by atoms with Gasteiger partial charge in [-0.3, -0.25) is 4.79 Å². The average molecular weight is 359 g/mol. The molecule has 1 atom stereocenters. The highest BCUT2D eigenvalue weighted by Gasteiger charge is 2.16. The third-order valence-electron chi connectivity index (χ3n) is 2.77. The van der Waals surface area contributed by atoms with Gasteiger partial charge in [0.2, 0.25) is 0 Å². The smallest absolute Gasteiger partial charge is 0.252 e. The van der Waals surface area contributed by atoms with Crippen LogP contribution in [0.25, 0.3) is 0 Å². The summed E-state index contributed by atoms with van der Waals surface area (Å²) >= 11 is 9.32. The highest BCUT2D eigenvalue weighted by atomic mass is 79.9. The maximum absolute atomic E-state index is 12.1. The number of rotatable bonds is 5. The van der Waals surface area contributed by atoms with Gasteiger partial charge in [0.05, 0.1) is 23.4 Å². The first-order valence-corrected chi connectivity index (χ1v) is 7.08. The van der Waals surface area contributed by atoms with Crippen LogP contribution in [-0.2, 0) is 4.74 Å². The van der Waals surface area contributed by atoms with Crippen molar-refractivity contribution in [2.75, 3.05) is 13.7 Å². The first-order valence-electron chi connectivity index (χ1n) is 5.91. The van der Waals surface area contributed by atoms with E-state index in [0.717, 1.165) is 4.47 Å². The molecule has 1 heterocycles. The van der Waals surface area contributed by atoms with Crippen LogP contribution in [0.2, 0.25) is 5.02 Å². The second kappa shape index (κ2) is 6.92. The SMILES string of the molecule is COC(CNC(=O)c1cc(Br)ccc1Cl)c1ccco1. The zero-order chi connectivity index (χ0) is 14.5. The molecule has 0 fully saturated rings. The van der Waals surface area contributed by atoms with Crippen LogP contribution >= 0.6 is 27.5 Å². The lowest BCUT2D eigenvalue weighted by molar-refractivity contribution is 0.0738. The average Bonchev–Trinajstić information content (AvgIpc) is 2.96. The second-order valence-electron chi connectivity index (χ2n) is 4.07. The Bertz CT molecular complexity index is 586. The molecule has 0 radical (unpaired) electrons. The summed E-state index contributed by atoms with van der Waals surface area (Å²) in [7, 11) is 1.56. The number of hydrogen-bond acceptors (Lipinski definition) is 3. The van der Waals surface area contributed by atoms with Gasteiger partial charge >= 0.3 is 0 Å². The van der Waals surface area contributed by atoms with Gasteiger partial charge in [-0.25, -0.2) is 0 Å². The summed E-state index contributed by atoms with van der Waals surface area (Å²) in [6.45, 7) is 0.297. The van der Waals surface area contributed by atoms with Crippen LogP contribution in [0.1, 0.15) is 22.2 Å². The van der Waals surface area contributed by atoms with Gasteiger partial charge in [-0.15, -0.1) is 0 Å². The number of furan rings is 1. The predicted molar refractivity (Wildman–Crippen MR) is 79.9 cm³/mol. The van der Waals surface area contributed by atoms with Crippen LogP contribution in [0.15, 0.2) is 45.5 Å². The molecule has 4 nitrogen and oxygen atoms in total. The van der Waals surface area contributed by atoms with Crippen LogP contribution in [0, 0.1) is 0 Å². The van der Waals surface area contributed by atoms with Crippen molar-refractivity contribution in [2.45, 2.75) is 6.10 Å². The van der Waals surface area contributed by atoms with E-state index < -0.39 is 0 Å². The van der Waals surface area contributed by atoms with E-state index in [0.29, 0.717) is 22.9 Å². The third-order valence-corrected chi connectivity index (χ3v) is 3.59. The van der Waals surface area contributed by atoms with E-state index in [9.17, 15) is 4.79 Å². The number of carbonyl (C=O) groups excluding carboxylic acids is 1. The fraction of sp³-hybridized carbons (Fsp3) is 0.214. The standard InChI is InChI=1S/C14H13BrClNO3/c1-19-13(12-3-2-6-20-12)8-17-14(18)10-7-9(15)4-5-11(10)16/h2-7,13H,8H2,1H3,(H,17,18). The molecule has 0 bridgehead atoms. The minimum absolute atomic E-state index is 0.259. The number of halogens is 2. The maximum Gasteiger partial charge on any atom is 0.252 e. The monoisotopic (exact) mass is 357 g/mol. The summed E-state index contributed by atoms with van der Waals surface area (Å²) in [6, 6.07) is 8.69. The number of amides is 1. The number of ether oxygens (including phenoxy) is 1. The Kier molecular flexibility index (Phi) is 5.23. The lowest BCUT2D eigenvalue weighted by Crippen LogP contribution is -2.29. The zero-order valence-corrected chi connectivity index (χ0v) is 13.1. The van der Waals surface area contributed by atoms with E-state index in [4.69, 9.17) is 20.8 Å². The van der Waals surface area contributed by atoms with E-state index in [1.807, 2.05) is 0 Å². The molecule has 1 N–H and O–H groups in total. The van der Waals surface area contributed by atoms with Crippen molar-refractivity contribution in [1.82, 2.24) is 5.32 Å². The Morgan fingerprint density at radius 2 is 2.30 bits per heavy atom. The molecular weight excluding hydrogens is 346 g/mol. The molecule has 0 aliphatic rings. The molecule has 1 aromatic carbocycles. The van der Waals surface area contributed by atoms with Gasteiger partial charge in [0, 0.05) is 11.6 Å². The van der Waals surface area contributed by atoms with Gasteiger partial charge in [0.1, 0.15) is 11.9 Å². The Morgan fingerprint density at radius 1 is 1.50 bits per heavy atom. The fourth-order valence-corrected chi connectivity index (χ4v) is 2.29. The normalized spacial score (nSPS) is 12.2. The predicted octanol–water partition coefficient (Wildman–Crippen LogP) is 3.81. The molecule has 1 unspecified atom stereocenters. The molecule has 0 aliphatic heterocycles. The van der Waals surface area contributed by atoms with Crippen molar-refractivity contribution >= 4 is 33.4 Å². The van der Waals surface area contributed by atoms with Crippen molar-refractivity contribution in [2.24, 2.45) is 0 Å². The molecule has 106 valence electrons. The van der Waals surface area contributed by atoms with Gasteiger partial charge < -0.3 is 14.5 Å². The van der Waals surface area contributed by atoms with Crippen molar-refractivity contribution in [3.63, 3.8) is 0 Å². The van der Waals surface area contributed by atoms with Gasteiger partial charge in [0.25, 0.3) is 5.91 Å². The van der Waals surface area contributed by atoms with Crippen molar-refractivity contribution in [3.05, 3.63) is 57.4 Å². The highest BCUT2D eigenvalue weighted by molar-refractivity contribution is 9.10. The van der Waals surface area contributed by atoms with Crippen LogP contribution < -0.4 is 5.32 Å². The summed E-state index contributed by atoms with van der Waals surface area (Å²) in [4.78, 5) is 12.1. The van der Waals surface area contributed by atoms with Gasteiger partial charge in [-0.1, -0.05) is 27.5 Å². The van der Waals surface area contributed by atoms with E-state index in [2.05, 4.69) is 21.2 Å². The molecule has 1 amide bonds. The van der Waals surface area contributed by atoms with Gasteiger partial charge in [-0.2, -0.15) is 0 Å². The van der Waals surface area contributed by atoms with Gasteiger partial charge in [0.15, 0.2) is 0 Å². The minimum atomic E-state index is -0.333. The first kappa shape index (κ1) is 15.1. The number of hydrogen-bond donors (Lipinski definition) is 1. The maximum atomic E-state index is 12.1. The summed E-state index contributed by atoms with van der Waals surface area (Å²) < 4.78 is 11.3. The second-order valence-corrected chi connectivity index (χ2v) is 5.40. The third kappa shape index (κ3) is 3.62. The number of nitrogens with one attached hydrogen (secondary N) is 1. The van der Waals surface area contributed by atoms with Crippen LogP contribution in [0.3, 0.4) is 0 Å². The van der Waals surface area contributed by atoms with Crippen molar-refractivity contribution in [1.29, 1.82) is 0 Å². The summed E-state index contributed by atoms with van der Waals surface area (Å²) in [6.07, 6.45) is 1.23. The number of benzene rings is 1. The molecule has 0 saturated carbocycles.